The molecule has 1 heterocycles. The van der Waals surface area contributed by atoms with Crippen LogP contribution in [0.15, 0.2) is 47.4 Å². The lowest BCUT2D eigenvalue weighted by molar-refractivity contribution is -0.00833. The van der Waals surface area contributed by atoms with Crippen LogP contribution in [0.25, 0.3) is 0 Å². The average Bonchev–Trinajstić information content (AvgIpc) is 2.97. The van der Waals surface area contributed by atoms with E-state index in [0.29, 0.717) is 23.7 Å². The van der Waals surface area contributed by atoms with Gasteiger partial charge in [0.05, 0.1) is 42.4 Å². The molecule has 3 rings (SSSR count). The van der Waals surface area contributed by atoms with Gasteiger partial charge in [-0.05, 0) is 75.6 Å². The molecule has 1 N–H and O–H groups in total. The molecule has 1 amide bonds. The molecular weight excluding hydrogens is 558 g/mol. The molecule has 0 fully saturated rings. The Labute approximate surface area is 251 Å². The zero-order valence-corrected chi connectivity index (χ0v) is 26.8. The molecule has 1 aliphatic heterocycles. The standard InChI is InChI=1S/C31H47N3O7S/c1-22-19-34(23(2)21-35)31(36)28-18-25(32(4)5)11-16-29(28)41-24(3)10-8-9-17-40-30(22)20-33(6)42(37,38)27-14-12-26(39-7)13-15-27/h11-16,18,22-24,30,35H,8-10,17,19-21H2,1-7H3/t22-,23+,24+,30+/m1/s1. The number of hydrogen-bond acceptors (Lipinski definition) is 8. The average molecular weight is 606 g/mol. The Morgan fingerprint density at radius 1 is 1.10 bits per heavy atom. The maximum atomic E-state index is 14.1. The predicted octanol–water partition coefficient (Wildman–Crippen LogP) is 3.88. The third-order valence-electron chi connectivity index (χ3n) is 7.76. The number of fused-ring (bicyclic) bond motifs is 1. The van der Waals surface area contributed by atoms with Gasteiger partial charge in [-0.2, -0.15) is 4.31 Å². The highest BCUT2D eigenvalue weighted by Gasteiger charge is 2.32. The summed E-state index contributed by atoms with van der Waals surface area (Å²) in [5.74, 6) is 0.571. The van der Waals surface area contributed by atoms with Crippen molar-refractivity contribution in [2.24, 2.45) is 5.92 Å². The van der Waals surface area contributed by atoms with Gasteiger partial charge in [0.15, 0.2) is 0 Å². The highest BCUT2D eigenvalue weighted by atomic mass is 32.2. The van der Waals surface area contributed by atoms with E-state index in [-0.39, 0.29) is 42.5 Å². The number of ether oxygens (including phenoxy) is 3. The highest BCUT2D eigenvalue weighted by molar-refractivity contribution is 7.89. The number of likely N-dealkylation sites (N-methyl/N-ethyl adjacent to an activating group) is 1. The number of aliphatic hydroxyl groups excluding tert-OH is 1. The fourth-order valence-corrected chi connectivity index (χ4v) is 6.11. The Morgan fingerprint density at radius 3 is 2.40 bits per heavy atom. The second kappa shape index (κ2) is 15.0. The second-order valence-electron chi connectivity index (χ2n) is 11.3. The normalized spacial score (nSPS) is 21.7. The summed E-state index contributed by atoms with van der Waals surface area (Å²) >= 11 is 0. The van der Waals surface area contributed by atoms with Crippen LogP contribution in [0.1, 0.15) is 50.4 Å². The third kappa shape index (κ3) is 8.37. The SMILES string of the molecule is COc1ccc(S(=O)(=O)N(C)C[C@@H]2OCCCC[C@H](C)Oc3ccc(N(C)C)cc3C(=O)N([C@@H](C)CO)C[C@H]2C)cc1. The summed E-state index contributed by atoms with van der Waals surface area (Å²) in [6.45, 7) is 6.31. The molecule has 234 valence electrons. The molecule has 0 aliphatic carbocycles. The van der Waals surface area contributed by atoms with E-state index in [0.717, 1.165) is 24.9 Å². The van der Waals surface area contributed by atoms with Crippen molar-refractivity contribution < 1.29 is 32.5 Å². The first-order valence-electron chi connectivity index (χ1n) is 14.5. The first-order chi connectivity index (χ1) is 19.9. The summed E-state index contributed by atoms with van der Waals surface area (Å²) in [5.41, 5.74) is 1.28. The Kier molecular flexibility index (Phi) is 12.0. The molecule has 0 aromatic heterocycles. The van der Waals surface area contributed by atoms with Crippen molar-refractivity contribution >= 4 is 21.6 Å². The molecule has 4 atom stereocenters. The van der Waals surface area contributed by atoms with Crippen LogP contribution < -0.4 is 14.4 Å². The van der Waals surface area contributed by atoms with Gasteiger partial charge in [-0.15, -0.1) is 0 Å². The highest BCUT2D eigenvalue weighted by Crippen LogP contribution is 2.29. The topological polar surface area (TPSA) is 109 Å². The largest absolute Gasteiger partial charge is 0.497 e. The van der Waals surface area contributed by atoms with Crippen LogP contribution in [0.5, 0.6) is 11.5 Å². The van der Waals surface area contributed by atoms with Gasteiger partial charge in [-0.3, -0.25) is 4.79 Å². The van der Waals surface area contributed by atoms with Gasteiger partial charge >= 0.3 is 0 Å². The number of benzene rings is 2. The van der Waals surface area contributed by atoms with Crippen LogP contribution in [0, 0.1) is 5.92 Å². The number of carbonyl (C=O) groups excluding carboxylic acids is 1. The van der Waals surface area contributed by atoms with Crippen LogP contribution in [0.2, 0.25) is 0 Å². The van der Waals surface area contributed by atoms with Crippen LogP contribution in [-0.2, 0) is 14.8 Å². The smallest absolute Gasteiger partial charge is 0.258 e. The molecule has 11 heteroatoms. The summed E-state index contributed by atoms with van der Waals surface area (Å²) in [7, 11) is 3.09. The second-order valence-corrected chi connectivity index (χ2v) is 13.4. The summed E-state index contributed by atoms with van der Waals surface area (Å²) in [5, 5.41) is 10.1. The molecule has 1 aliphatic rings. The molecule has 0 radical (unpaired) electrons. The van der Waals surface area contributed by atoms with E-state index in [9.17, 15) is 18.3 Å². The minimum absolute atomic E-state index is 0.103. The maximum Gasteiger partial charge on any atom is 0.258 e. The van der Waals surface area contributed by atoms with E-state index in [4.69, 9.17) is 14.2 Å². The van der Waals surface area contributed by atoms with Crippen LogP contribution in [0.3, 0.4) is 0 Å². The zero-order chi connectivity index (χ0) is 31.0. The van der Waals surface area contributed by atoms with Crippen LogP contribution in [0.4, 0.5) is 5.69 Å². The molecule has 2 aromatic carbocycles. The van der Waals surface area contributed by atoms with Gasteiger partial charge in [0.25, 0.3) is 5.91 Å². The van der Waals surface area contributed by atoms with Crippen molar-refractivity contribution in [3.63, 3.8) is 0 Å². The molecule has 2 aromatic rings. The number of aliphatic hydroxyl groups is 1. The number of sulfonamides is 1. The van der Waals surface area contributed by atoms with E-state index in [1.54, 1.807) is 24.0 Å². The predicted molar refractivity (Wildman–Crippen MR) is 164 cm³/mol. The molecule has 10 nitrogen and oxygen atoms in total. The molecule has 0 saturated heterocycles. The van der Waals surface area contributed by atoms with E-state index in [1.807, 2.05) is 51.0 Å². The van der Waals surface area contributed by atoms with Crippen LogP contribution >= 0.6 is 0 Å². The lowest BCUT2D eigenvalue weighted by Gasteiger charge is -2.35. The van der Waals surface area contributed by atoms with Crippen molar-refractivity contribution in [2.75, 3.05) is 59.5 Å². The van der Waals surface area contributed by atoms with E-state index in [2.05, 4.69) is 0 Å². The lowest BCUT2D eigenvalue weighted by atomic mass is 10.0. The minimum Gasteiger partial charge on any atom is -0.497 e. The summed E-state index contributed by atoms with van der Waals surface area (Å²) in [6, 6.07) is 11.4. The minimum atomic E-state index is -3.80. The monoisotopic (exact) mass is 605 g/mol. The number of hydrogen-bond donors (Lipinski definition) is 1. The van der Waals surface area contributed by atoms with Crippen molar-refractivity contribution in [2.45, 2.75) is 63.2 Å². The molecule has 0 unspecified atom stereocenters. The van der Waals surface area contributed by atoms with Gasteiger partial charge in [0.1, 0.15) is 11.5 Å². The number of carbonyl (C=O) groups is 1. The van der Waals surface area contributed by atoms with Gasteiger partial charge in [-0.25, -0.2) is 8.42 Å². The molecule has 0 spiro atoms. The zero-order valence-electron chi connectivity index (χ0n) is 25.9. The third-order valence-corrected chi connectivity index (χ3v) is 9.59. The van der Waals surface area contributed by atoms with Gasteiger partial charge in [0.2, 0.25) is 10.0 Å². The summed E-state index contributed by atoms with van der Waals surface area (Å²) in [4.78, 5) is 17.8. The van der Waals surface area contributed by atoms with Gasteiger partial charge < -0.3 is 29.1 Å². The van der Waals surface area contributed by atoms with E-state index < -0.39 is 22.2 Å². The molecule has 0 saturated carbocycles. The Balaban J connectivity index is 1.95. The summed E-state index contributed by atoms with van der Waals surface area (Å²) < 4.78 is 45.9. The number of nitrogens with zero attached hydrogens (tertiary/aromatic N) is 3. The number of anilines is 1. The van der Waals surface area contributed by atoms with Crippen molar-refractivity contribution in [3.8, 4) is 11.5 Å². The quantitative estimate of drug-likeness (QED) is 0.483. The van der Waals surface area contributed by atoms with E-state index in [1.165, 1.54) is 30.6 Å². The molecule has 42 heavy (non-hydrogen) atoms. The first kappa shape index (κ1) is 33.6. The number of rotatable bonds is 8. The fraction of sp³-hybridized carbons (Fsp3) is 0.581. The van der Waals surface area contributed by atoms with Gasteiger partial charge in [0, 0.05) is 52.4 Å². The molecular formula is C31H47N3O7S. The summed E-state index contributed by atoms with van der Waals surface area (Å²) in [6.07, 6.45) is 1.80. The van der Waals surface area contributed by atoms with Crippen molar-refractivity contribution in [1.29, 1.82) is 0 Å². The van der Waals surface area contributed by atoms with Crippen molar-refractivity contribution in [1.82, 2.24) is 9.21 Å². The Bertz CT molecular complexity index is 1270. The lowest BCUT2D eigenvalue weighted by Crippen LogP contribution is -2.48. The van der Waals surface area contributed by atoms with Crippen LogP contribution in [-0.4, -0.2) is 101 Å². The van der Waals surface area contributed by atoms with Crippen molar-refractivity contribution in [3.05, 3.63) is 48.0 Å². The number of amides is 1. The van der Waals surface area contributed by atoms with E-state index >= 15 is 0 Å². The Morgan fingerprint density at radius 2 is 1.79 bits per heavy atom. The number of methoxy groups -OCH3 is 1. The fourth-order valence-electron chi connectivity index (χ4n) is 4.93. The first-order valence-corrected chi connectivity index (χ1v) is 15.9. The Hall–Kier alpha value is -2.86. The molecule has 0 bridgehead atoms. The van der Waals surface area contributed by atoms with Gasteiger partial charge in [-0.1, -0.05) is 6.92 Å². The maximum absolute atomic E-state index is 14.1.